The van der Waals surface area contributed by atoms with Gasteiger partial charge in [0.05, 0.1) is 23.9 Å². The summed E-state index contributed by atoms with van der Waals surface area (Å²) in [4.78, 5) is 28.1. The molecule has 0 unspecified atom stereocenters. The zero-order valence-electron chi connectivity index (χ0n) is 16.0. The Kier molecular flexibility index (Phi) is 6.78. The number of ether oxygens (including phenoxy) is 1. The topological polar surface area (TPSA) is 80.3 Å². The first-order valence-corrected chi connectivity index (χ1v) is 9.52. The minimum absolute atomic E-state index is 0.253. The summed E-state index contributed by atoms with van der Waals surface area (Å²) in [7, 11) is 1.33. The van der Waals surface area contributed by atoms with Crippen molar-refractivity contribution in [3.63, 3.8) is 0 Å². The molecule has 6 heteroatoms. The number of carbonyl (C=O) groups is 2. The molecule has 0 radical (unpaired) electrons. The van der Waals surface area contributed by atoms with Crippen LogP contribution >= 0.6 is 0 Å². The Labute approximate surface area is 165 Å². The van der Waals surface area contributed by atoms with E-state index in [2.05, 4.69) is 26.4 Å². The van der Waals surface area contributed by atoms with Crippen molar-refractivity contribution >= 4 is 23.3 Å². The first-order valence-electron chi connectivity index (χ1n) is 9.52. The van der Waals surface area contributed by atoms with Gasteiger partial charge in [-0.1, -0.05) is 11.6 Å². The quantitative estimate of drug-likeness (QED) is 0.550. The zero-order valence-corrected chi connectivity index (χ0v) is 16.0. The monoisotopic (exact) mass is 379 g/mol. The Morgan fingerprint density at radius 1 is 1.07 bits per heavy atom. The predicted molar refractivity (Wildman–Crippen MR) is 110 cm³/mol. The molecule has 1 aromatic carbocycles. The van der Waals surface area contributed by atoms with Crippen LogP contribution in [0.5, 0.6) is 0 Å². The molecule has 0 atom stereocenters. The molecule has 0 saturated heterocycles. The third-order valence-corrected chi connectivity index (χ3v) is 4.72. The lowest BCUT2D eigenvalue weighted by atomic mass is 9.97. The summed E-state index contributed by atoms with van der Waals surface area (Å²) in [6, 6.07) is 8.34. The fourth-order valence-electron chi connectivity index (χ4n) is 3.17. The van der Waals surface area contributed by atoms with Crippen molar-refractivity contribution in [1.82, 2.24) is 4.98 Å². The van der Waals surface area contributed by atoms with Gasteiger partial charge in [-0.05, 0) is 62.4 Å². The molecular formula is C22H25N3O3. The molecule has 3 rings (SSSR count). The maximum Gasteiger partial charge on any atom is 0.337 e. The van der Waals surface area contributed by atoms with Crippen LogP contribution in [0.2, 0.25) is 0 Å². The number of carbonyl (C=O) groups excluding carboxylic acids is 2. The average Bonchev–Trinajstić information content (AvgIpc) is 2.74. The number of esters is 1. The molecule has 0 saturated carbocycles. The number of rotatable bonds is 7. The van der Waals surface area contributed by atoms with Crippen LogP contribution in [0.1, 0.15) is 52.8 Å². The highest BCUT2D eigenvalue weighted by molar-refractivity contribution is 6.04. The molecule has 0 spiro atoms. The van der Waals surface area contributed by atoms with Gasteiger partial charge >= 0.3 is 5.97 Å². The Balaban J connectivity index is 1.55. The summed E-state index contributed by atoms with van der Waals surface area (Å²) in [6.45, 7) is 0.827. The molecule has 1 heterocycles. The molecule has 2 aromatic rings. The summed E-state index contributed by atoms with van der Waals surface area (Å²) in [5.41, 5.74) is 3.83. The first kappa shape index (κ1) is 19.6. The van der Waals surface area contributed by atoms with Gasteiger partial charge < -0.3 is 15.4 Å². The van der Waals surface area contributed by atoms with Crippen LogP contribution in [0.25, 0.3) is 0 Å². The summed E-state index contributed by atoms with van der Waals surface area (Å²) < 4.78 is 4.67. The van der Waals surface area contributed by atoms with Gasteiger partial charge in [-0.2, -0.15) is 0 Å². The van der Waals surface area contributed by atoms with Crippen LogP contribution in [-0.2, 0) is 4.74 Å². The molecular weight excluding hydrogens is 354 g/mol. The van der Waals surface area contributed by atoms with Gasteiger partial charge in [-0.3, -0.25) is 9.78 Å². The van der Waals surface area contributed by atoms with E-state index in [0.717, 1.165) is 18.7 Å². The molecule has 1 aliphatic rings. The highest BCUT2D eigenvalue weighted by atomic mass is 16.5. The van der Waals surface area contributed by atoms with Crippen molar-refractivity contribution in [1.29, 1.82) is 0 Å². The normalized spacial score (nSPS) is 13.4. The lowest BCUT2D eigenvalue weighted by Gasteiger charge is -2.13. The standard InChI is InChI=1S/C22H25N3O3/c1-28-22(27)17-7-9-19(10-8-17)25-21(26)18-13-20(15-23-14-18)24-12-11-16-5-3-2-4-6-16/h5,7-10,13-15,24H,2-4,6,11-12H2,1H3,(H,25,26). The minimum Gasteiger partial charge on any atom is -0.465 e. The third kappa shape index (κ3) is 5.42. The van der Waals surface area contributed by atoms with Crippen LogP contribution < -0.4 is 10.6 Å². The van der Waals surface area contributed by atoms with E-state index in [1.807, 2.05) is 0 Å². The highest BCUT2D eigenvalue weighted by Gasteiger charge is 2.10. The van der Waals surface area contributed by atoms with Crippen molar-refractivity contribution in [2.45, 2.75) is 32.1 Å². The fourth-order valence-corrected chi connectivity index (χ4v) is 3.17. The average molecular weight is 379 g/mol. The van der Waals surface area contributed by atoms with E-state index in [9.17, 15) is 9.59 Å². The summed E-state index contributed by atoms with van der Waals surface area (Å²) in [5, 5.41) is 6.15. The van der Waals surface area contributed by atoms with Crippen molar-refractivity contribution in [2.75, 3.05) is 24.3 Å². The number of methoxy groups -OCH3 is 1. The Hall–Kier alpha value is -3.15. The number of allylic oxidation sites excluding steroid dienone is 1. The number of hydrogen-bond donors (Lipinski definition) is 2. The van der Waals surface area contributed by atoms with Crippen molar-refractivity contribution < 1.29 is 14.3 Å². The number of nitrogens with one attached hydrogen (secondary N) is 2. The molecule has 1 aliphatic carbocycles. The molecule has 6 nitrogen and oxygen atoms in total. The van der Waals surface area contributed by atoms with Crippen LogP contribution in [0, 0.1) is 0 Å². The Morgan fingerprint density at radius 3 is 2.61 bits per heavy atom. The lowest BCUT2D eigenvalue weighted by Crippen LogP contribution is -2.13. The second-order valence-electron chi connectivity index (χ2n) is 6.77. The number of hydrogen-bond acceptors (Lipinski definition) is 5. The summed E-state index contributed by atoms with van der Waals surface area (Å²) in [6.07, 6.45) is 11.6. The maximum absolute atomic E-state index is 12.5. The second-order valence-corrected chi connectivity index (χ2v) is 6.77. The molecule has 146 valence electrons. The lowest BCUT2D eigenvalue weighted by molar-refractivity contribution is 0.0600. The predicted octanol–water partition coefficient (Wildman–Crippen LogP) is 4.42. The highest BCUT2D eigenvalue weighted by Crippen LogP contribution is 2.20. The van der Waals surface area contributed by atoms with Crippen LogP contribution in [0.3, 0.4) is 0 Å². The van der Waals surface area contributed by atoms with E-state index >= 15 is 0 Å². The van der Waals surface area contributed by atoms with E-state index in [1.54, 1.807) is 36.5 Å². The van der Waals surface area contributed by atoms with E-state index in [0.29, 0.717) is 16.8 Å². The minimum atomic E-state index is -0.412. The van der Waals surface area contributed by atoms with E-state index in [1.165, 1.54) is 44.6 Å². The van der Waals surface area contributed by atoms with Gasteiger partial charge in [0.2, 0.25) is 0 Å². The van der Waals surface area contributed by atoms with Gasteiger partial charge in [0.1, 0.15) is 0 Å². The smallest absolute Gasteiger partial charge is 0.337 e. The third-order valence-electron chi connectivity index (χ3n) is 4.72. The molecule has 28 heavy (non-hydrogen) atoms. The van der Waals surface area contributed by atoms with Gasteiger partial charge in [0.15, 0.2) is 0 Å². The van der Waals surface area contributed by atoms with Crippen LogP contribution in [0.4, 0.5) is 11.4 Å². The molecule has 1 aromatic heterocycles. The zero-order chi connectivity index (χ0) is 19.8. The SMILES string of the molecule is COC(=O)c1ccc(NC(=O)c2cncc(NCCC3=CCCCC3)c2)cc1. The number of pyridine rings is 1. The maximum atomic E-state index is 12.5. The van der Waals surface area contributed by atoms with Crippen molar-refractivity contribution in [3.05, 3.63) is 65.5 Å². The number of amides is 1. The van der Waals surface area contributed by atoms with Crippen LogP contribution in [0.15, 0.2) is 54.4 Å². The summed E-state index contributed by atoms with van der Waals surface area (Å²) in [5.74, 6) is -0.665. The molecule has 0 fully saturated rings. The molecule has 1 amide bonds. The number of benzene rings is 1. The fraction of sp³-hybridized carbons (Fsp3) is 0.318. The van der Waals surface area contributed by atoms with Gasteiger partial charge in [0.25, 0.3) is 5.91 Å². The van der Waals surface area contributed by atoms with E-state index < -0.39 is 5.97 Å². The van der Waals surface area contributed by atoms with Crippen molar-refractivity contribution in [2.24, 2.45) is 0 Å². The molecule has 2 N–H and O–H groups in total. The van der Waals surface area contributed by atoms with Gasteiger partial charge in [0, 0.05) is 24.6 Å². The van der Waals surface area contributed by atoms with Crippen molar-refractivity contribution in [3.8, 4) is 0 Å². The Bertz CT molecular complexity index is 860. The Morgan fingerprint density at radius 2 is 1.89 bits per heavy atom. The van der Waals surface area contributed by atoms with E-state index in [4.69, 9.17) is 0 Å². The number of nitrogens with zero attached hydrogens (tertiary/aromatic N) is 1. The largest absolute Gasteiger partial charge is 0.465 e. The van der Waals surface area contributed by atoms with Crippen LogP contribution in [-0.4, -0.2) is 30.5 Å². The molecule has 0 bridgehead atoms. The second kappa shape index (κ2) is 9.69. The van der Waals surface area contributed by atoms with Gasteiger partial charge in [-0.25, -0.2) is 4.79 Å². The van der Waals surface area contributed by atoms with E-state index in [-0.39, 0.29) is 5.91 Å². The number of anilines is 2. The molecule has 0 aliphatic heterocycles. The summed E-state index contributed by atoms with van der Waals surface area (Å²) >= 11 is 0. The number of aromatic nitrogens is 1. The first-order chi connectivity index (χ1) is 13.7. The van der Waals surface area contributed by atoms with Gasteiger partial charge in [-0.15, -0.1) is 0 Å².